The van der Waals surface area contributed by atoms with E-state index in [9.17, 15) is 19.3 Å². The Morgan fingerprint density at radius 3 is 2.76 bits per heavy atom. The van der Waals surface area contributed by atoms with Crippen molar-refractivity contribution in [3.8, 4) is 0 Å². The van der Waals surface area contributed by atoms with Crippen LogP contribution in [-0.2, 0) is 0 Å². The van der Waals surface area contributed by atoms with Crippen molar-refractivity contribution in [3.05, 3.63) is 33.6 Å². The monoisotopic (exact) mass is 296 g/mol. The van der Waals surface area contributed by atoms with Gasteiger partial charge in [-0.15, -0.1) is 0 Å². The summed E-state index contributed by atoms with van der Waals surface area (Å²) in [6.45, 7) is 2.45. The number of nitro benzene ring substituents is 1. The third kappa shape index (κ3) is 3.46. The van der Waals surface area contributed by atoms with Gasteiger partial charge in [-0.25, -0.2) is 4.39 Å². The molecule has 0 saturated heterocycles. The Labute approximate surface area is 120 Å². The quantitative estimate of drug-likeness (QED) is 0.421. The Morgan fingerprint density at radius 2 is 2.24 bits per heavy atom. The van der Waals surface area contributed by atoms with Crippen molar-refractivity contribution in [2.24, 2.45) is 17.7 Å². The summed E-state index contributed by atoms with van der Waals surface area (Å²) < 4.78 is 13.5. The summed E-state index contributed by atoms with van der Waals surface area (Å²) in [5.74, 6) is 4.56. The van der Waals surface area contributed by atoms with Gasteiger partial charge in [-0.05, 0) is 30.7 Å². The van der Waals surface area contributed by atoms with E-state index in [1.165, 1.54) is 0 Å². The number of nitro groups is 1. The Balaban J connectivity index is 2.19. The van der Waals surface area contributed by atoms with Crippen LogP contribution in [0.15, 0.2) is 12.1 Å². The molecular formula is C13H17FN4O3. The Kier molecular flexibility index (Phi) is 4.37. The van der Waals surface area contributed by atoms with E-state index < -0.39 is 22.3 Å². The van der Waals surface area contributed by atoms with Crippen molar-refractivity contribution < 1.29 is 14.1 Å². The van der Waals surface area contributed by atoms with Gasteiger partial charge < -0.3 is 10.7 Å². The first kappa shape index (κ1) is 15.2. The zero-order valence-corrected chi connectivity index (χ0v) is 11.6. The van der Waals surface area contributed by atoms with Crippen LogP contribution < -0.4 is 16.6 Å². The summed E-state index contributed by atoms with van der Waals surface area (Å²) in [5.41, 5.74) is 1.12. The molecule has 0 radical (unpaired) electrons. The lowest BCUT2D eigenvalue weighted by Crippen LogP contribution is -2.29. The summed E-state index contributed by atoms with van der Waals surface area (Å²) in [6, 6.07) is 1.74. The fraction of sp³-hybridized carbons (Fsp3) is 0.462. The molecule has 7 nitrogen and oxygen atoms in total. The van der Waals surface area contributed by atoms with Crippen molar-refractivity contribution in [3.63, 3.8) is 0 Å². The number of hydrogen-bond donors (Lipinski definition) is 3. The van der Waals surface area contributed by atoms with E-state index in [1.54, 1.807) is 0 Å². The maximum atomic E-state index is 13.5. The molecule has 1 aliphatic carbocycles. The first-order chi connectivity index (χ1) is 9.93. The van der Waals surface area contributed by atoms with Crippen LogP contribution in [0.25, 0.3) is 0 Å². The summed E-state index contributed by atoms with van der Waals surface area (Å²) in [6.07, 6.45) is 2.30. The smallest absolute Gasteiger partial charge is 0.285 e. The summed E-state index contributed by atoms with van der Waals surface area (Å²) >= 11 is 0. The number of nitrogen functional groups attached to an aromatic ring is 1. The molecule has 0 bridgehead atoms. The van der Waals surface area contributed by atoms with Gasteiger partial charge in [0.15, 0.2) is 5.82 Å². The topological polar surface area (TPSA) is 110 Å². The highest BCUT2D eigenvalue weighted by Gasteiger charge is 2.29. The number of nitrogens with two attached hydrogens (primary N) is 1. The molecule has 1 aromatic rings. The van der Waals surface area contributed by atoms with Crippen LogP contribution in [0.1, 0.15) is 30.1 Å². The normalized spacial score (nSPS) is 15.4. The Bertz CT molecular complexity index is 575. The molecule has 0 aliphatic heterocycles. The molecule has 1 saturated carbocycles. The van der Waals surface area contributed by atoms with Gasteiger partial charge in [-0.1, -0.05) is 6.92 Å². The number of nitrogens with zero attached hydrogens (tertiary/aromatic N) is 1. The van der Waals surface area contributed by atoms with Gasteiger partial charge in [0.05, 0.1) is 16.7 Å². The zero-order chi connectivity index (χ0) is 15.6. The first-order valence-electron chi connectivity index (χ1n) is 6.66. The molecule has 21 heavy (non-hydrogen) atoms. The molecule has 8 heteroatoms. The molecule has 1 atom stereocenters. The number of carbonyl (C=O) groups is 1. The van der Waals surface area contributed by atoms with Gasteiger partial charge in [0, 0.05) is 6.54 Å². The van der Waals surface area contributed by atoms with Crippen LogP contribution >= 0.6 is 0 Å². The van der Waals surface area contributed by atoms with E-state index in [1.807, 2.05) is 6.92 Å². The van der Waals surface area contributed by atoms with Crippen LogP contribution in [0.3, 0.4) is 0 Å². The first-order valence-corrected chi connectivity index (χ1v) is 6.66. The Hall–Kier alpha value is -2.22. The fourth-order valence-electron chi connectivity index (χ4n) is 2.19. The summed E-state index contributed by atoms with van der Waals surface area (Å²) in [7, 11) is 0. The van der Waals surface area contributed by atoms with Crippen molar-refractivity contribution >= 4 is 17.3 Å². The number of benzene rings is 1. The van der Waals surface area contributed by atoms with Gasteiger partial charge in [-0.2, -0.15) is 0 Å². The van der Waals surface area contributed by atoms with Crippen LogP contribution in [-0.4, -0.2) is 17.4 Å². The second kappa shape index (κ2) is 6.04. The van der Waals surface area contributed by atoms with Crippen molar-refractivity contribution in [1.29, 1.82) is 0 Å². The van der Waals surface area contributed by atoms with Gasteiger partial charge in [0.1, 0.15) is 5.56 Å². The highest BCUT2D eigenvalue weighted by molar-refractivity contribution is 5.99. The van der Waals surface area contributed by atoms with Gasteiger partial charge in [-0.3, -0.25) is 20.8 Å². The number of carbonyl (C=O) groups excluding carboxylic acids is 1. The van der Waals surface area contributed by atoms with Gasteiger partial charge in [0.2, 0.25) is 0 Å². The molecule has 1 unspecified atom stereocenters. The van der Waals surface area contributed by atoms with E-state index in [2.05, 4.69) is 10.7 Å². The number of nitrogens with one attached hydrogen (secondary N) is 2. The van der Waals surface area contributed by atoms with Crippen molar-refractivity contribution in [1.82, 2.24) is 5.32 Å². The largest absolute Gasteiger partial charge is 0.352 e. The minimum Gasteiger partial charge on any atom is -0.352 e. The fourth-order valence-corrected chi connectivity index (χ4v) is 2.19. The van der Waals surface area contributed by atoms with Crippen LogP contribution in [0.4, 0.5) is 15.8 Å². The molecular weight excluding hydrogens is 279 g/mol. The molecule has 1 aliphatic rings. The summed E-state index contributed by atoms with van der Waals surface area (Å²) in [4.78, 5) is 22.2. The average molecular weight is 296 g/mol. The van der Waals surface area contributed by atoms with E-state index in [0.29, 0.717) is 24.4 Å². The van der Waals surface area contributed by atoms with E-state index in [4.69, 9.17) is 5.84 Å². The summed E-state index contributed by atoms with van der Waals surface area (Å²) in [5, 5.41) is 13.6. The third-order valence-electron chi connectivity index (χ3n) is 3.69. The number of rotatable bonds is 6. The average Bonchev–Trinajstić information content (AvgIpc) is 3.28. The number of halogens is 1. The maximum absolute atomic E-state index is 13.5. The SMILES string of the molecule is CC(CNC(=O)c1cc(NN)c(F)cc1[N+](=O)[O-])C1CC1. The second-order valence-electron chi connectivity index (χ2n) is 5.28. The molecule has 0 aromatic heterocycles. The molecule has 0 spiro atoms. The van der Waals surface area contributed by atoms with Gasteiger partial charge >= 0.3 is 0 Å². The molecule has 4 N–H and O–H groups in total. The predicted octanol–water partition coefficient (Wildman–Crippen LogP) is 1.80. The number of amides is 1. The van der Waals surface area contributed by atoms with E-state index in [0.717, 1.165) is 18.9 Å². The number of anilines is 1. The lowest BCUT2D eigenvalue weighted by atomic mass is 10.1. The van der Waals surface area contributed by atoms with Crippen molar-refractivity contribution in [2.45, 2.75) is 19.8 Å². The lowest BCUT2D eigenvalue weighted by Gasteiger charge is -2.12. The maximum Gasteiger partial charge on any atom is 0.285 e. The third-order valence-corrected chi connectivity index (χ3v) is 3.69. The predicted molar refractivity (Wildman–Crippen MR) is 75.1 cm³/mol. The standard InChI is InChI=1S/C13H17FN4O3/c1-7(8-2-3-8)6-16-13(19)9-4-11(17-15)10(14)5-12(9)18(20)21/h4-5,7-8,17H,2-3,6,15H2,1H3,(H,16,19). The molecule has 114 valence electrons. The highest BCUT2D eigenvalue weighted by atomic mass is 19.1. The van der Waals surface area contributed by atoms with Crippen LogP contribution in [0.5, 0.6) is 0 Å². The zero-order valence-electron chi connectivity index (χ0n) is 11.6. The van der Waals surface area contributed by atoms with E-state index in [-0.39, 0.29) is 11.3 Å². The van der Waals surface area contributed by atoms with E-state index >= 15 is 0 Å². The van der Waals surface area contributed by atoms with Crippen LogP contribution in [0.2, 0.25) is 0 Å². The second-order valence-corrected chi connectivity index (χ2v) is 5.28. The van der Waals surface area contributed by atoms with Gasteiger partial charge in [0.25, 0.3) is 11.6 Å². The Morgan fingerprint density at radius 1 is 1.57 bits per heavy atom. The van der Waals surface area contributed by atoms with Crippen LogP contribution in [0, 0.1) is 27.8 Å². The minimum absolute atomic E-state index is 0.166. The molecule has 1 aromatic carbocycles. The molecule has 2 rings (SSSR count). The lowest BCUT2D eigenvalue weighted by molar-refractivity contribution is -0.385. The molecule has 0 heterocycles. The van der Waals surface area contributed by atoms with Crippen molar-refractivity contribution in [2.75, 3.05) is 12.0 Å². The highest BCUT2D eigenvalue weighted by Crippen LogP contribution is 2.36. The molecule has 1 amide bonds. The number of hydrogen-bond acceptors (Lipinski definition) is 5. The number of hydrazine groups is 1. The minimum atomic E-state index is -0.882. The molecule has 1 fully saturated rings.